The first-order chi connectivity index (χ1) is 8.66. The SMILES string of the molecule is Cc1cc(N)ccc1-c1cccc2c1CNC2=O. The molecule has 0 aliphatic carbocycles. The second-order valence-electron chi connectivity index (χ2n) is 4.59. The van der Waals surface area contributed by atoms with Crippen LogP contribution in [0.1, 0.15) is 21.5 Å². The molecule has 0 saturated heterocycles. The molecule has 2 aromatic rings. The van der Waals surface area contributed by atoms with Gasteiger partial charge >= 0.3 is 0 Å². The second-order valence-corrected chi connectivity index (χ2v) is 4.59. The predicted molar refractivity (Wildman–Crippen MR) is 72.2 cm³/mol. The maximum absolute atomic E-state index is 11.7. The Bertz CT molecular complexity index is 647. The third-order valence-electron chi connectivity index (χ3n) is 3.39. The van der Waals surface area contributed by atoms with Crippen LogP contribution in [0.15, 0.2) is 36.4 Å². The van der Waals surface area contributed by atoms with E-state index in [2.05, 4.69) is 11.4 Å². The lowest BCUT2D eigenvalue weighted by atomic mass is 9.94. The molecule has 18 heavy (non-hydrogen) atoms. The van der Waals surface area contributed by atoms with Crippen LogP contribution in [-0.2, 0) is 6.54 Å². The highest BCUT2D eigenvalue weighted by molar-refractivity contribution is 6.00. The molecule has 90 valence electrons. The van der Waals surface area contributed by atoms with Gasteiger partial charge in [-0.3, -0.25) is 4.79 Å². The van der Waals surface area contributed by atoms with Crippen LogP contribution in [0.25, 0.3) is 11.1 Å². The third kappa shape index (κ3) is 1.56. The molecule has 3 nitrogen and oxygen atoms in total. The van der Waals surface area contributed by atoms with Crippen molar-refractivity contribution < 1.29 is 4.79 Å². The minimum Gasteiger partial charge on any atom is -0.399 e. The van der Waals surface area contributed by atoms with E-state index in [1.54, 1.807) is 0 Å². The summed E-state index contributed by atoms with van der Waals surface area (Å²) in [6.45, 7) is 2.64. The Balaban J connectivity index is 2.22. The highest BCUT2D eigenvalue weighted by Crippen LogP contribution is 2.31. The lowest BCUT2D eigenvalue weighted by molar-refractivity contribution is 0.0966. The van der Waals surface area contributed by atoms with Gasteiger partial charge in [-0.25, -0.2) is 0 Å². The smallest absolute Gasteiger partial charge is 0.251 e. The molecule has 0 atom stereocenters. The first kappa shape index (κ1) is 10.8. The van der Waals surface area contributed by atoms with Gasteiger partial charge in [-0.1, -0.05) is 18.2 Å². The number of benzene rings is 2. The van der Waals surface area contributed by atoms with Gasteiger partial charge in [-0.05, 0) is 47.4 Å². The minimum atomic E-state index is 0.0138. The zero-order valence-electron chi connectivity index (χ0n) is 10.2. The molecule has 3 heteroatoms. The number of carbonyl (C=O) groups is 1. The standard InChI is InChI=1S/C15H14N2O/c1-9-7-10(16)5-6-11(9)12-3-2-4-13-14(12)8-17-15(13)18/h2-7H,8,16H2,1H3,(H,17,18). The summed E-state index contributed by atoms with van der Waals surface area (Å²) in [6.07, 6.45) is 0. The number of hydrogen-bond donors (Lipinski definition) is 2. The molecule has 0 aromatic heterocycles. The molecule has 1 aliphatic rings. The van der Waals surface area contributed by atoms with Gasteiger partial charge in [0.1, 0.15) is 0 Å². The van der Waals surface area contributed by atoms with Gasteiger partial charge in [0, 0.05) is 17.8 Å². The summed E-state index contributed by atoms with van der Waals surface area (Å²) in [6, 6.07) is 11.7. The van der Waals surface area contributed by atoms with Crippen LogP contribution < -0.4 is 11.1 Å². The third-order valence-corrected chi connectivity index (χ3v) is 3.39. The molecule has 1 amide bonds. The Kier molecular flexibility index (Phi) is 2.33. The number of nitrogens with two attached hydrogens (primary N) is 1. The normalized spacial score (nSPS) is 13.3. The second kappa shape index (κ2) is 3.88. The summed E-state index contributed by atoms with van der Waals surface area (Å²) >= 11 is 0. The molecular weight excluding hydrogens is 224 g/mol. The number of aryl methyl sites for hydroxylation is 1. The van der Waals surface area contributed by atoms with Gasteiger partial charge in [0.2, 0.25) is 0 Å². The van der Waals surface area contributed by atoms with Gasteiger partial charge in [-0.2, -0.15) is 0 Å². The molecule has 3 N–H and O–H groups in total. The summed E-state index contributed by atoms with van der Waals surface area (Å²) in [5, 5.41) is 2.86. The Morgan fingerprint density at radius 2 is 1.89 bits per heavy atom. The number of fused-ring (bicyclic) bond motifs is 1. The fourth-order valence-corrected chi connectivity index (χ4v) is 2.50. The quantitative estimate of drug-likeness (QED) is 0.750. The highest BCUT2D eigenvalue weighted by atomic mass is 16.1. The molecule has 1 heterocycles. The van der Waals surface area contributed by atoms with Crippen molar-refractivity contribution in [3.63, 3.8) is 0 Å². The van der Waals surface area contributed by atoms with E-state index in [1.165, 1.54) is 0 Å². The van der Waals surface area contributed by atoms with E-state index in [1.807, 2.05) is 37.3 Å². The van der Waals surface area contributed by atoms with Gasteiger partial charge in [-0.15, -0.1) is 0 Å². The number of nitrogen functional groups attached to an aromatic ring is 1. The van der Waals surface area contributed by atoms with Gasteiger partial charge in [0.15, 0.2) is 0 Å². The molecule has 0 bridgehead atoms. The zero-order chi connectivity index (χ0) is 12.7. The Hall–Kier alpha value is -2.29. The van der Waals surface area contributed by atoms with Crippen molar-refractivity contribution in [1.82, 2.24) is 5.32 Å². The van der Waals surface area contributed by atoms with Crippen LogP contribution in [0.5, 0.6) is 0 Å². The van der Waals surface area contributed by atoms with E-state index in [-0.39, 0.29) is 5.91 Å². The summed E-state index contributed by atoms with van der Waals surface area (Å²) < 4.78 is 0. The number of rotatable bonds is 1. The number of nitrogens with one attached hydrogen (secondary N) is 1. The van der Waals surface area contributed by atoms with Crippen LogP contribution >= 0.6 is 0 Å². The van der Waals surface area contributed by atoms with Crippen LogP contribution in [0.2, 0.25) is 0 Å². The molecule has 0 saturated carbocycles. The van der Waals surface area contributed by atoms with Crippen LogP contribution in [0, 0.1) is 6.92 Å². The molecule has 1 aliphatic heterocycles. The molecular formula is C15H14N2O. The highest BCUT2D eigenvalue weighted by Gasteiger charge is 2.22. The van der Waals surface area contributed by atoms with Crippen molar-refractivity contribution in [2.24, 2.45) is 0 Å². The Morgan fingerprint density at radius 1 is 1.11 bits per heavy atom. The number of anilines is 1. The van der Waals surface area contributed by atoms with E-state index >= 15 is 0 Å². The summed E-state index contributed by atoms with van der Waals surface area (Å²) in [5.74, 6) is 0.0138. The topological polar surface area (TPSA) is 55.1 Å². The van der Waals surface area contributed by atoms with E-state index in [0.717, 1.165) is 33.5 Å². The lowest BCUT2D eigenvalue weighted by Crippen LogP contribution is -2.12. The van der Waals surface area contributed by atoms with Crippen LogP contribution in [-0.4, -0.2) is 5.91 Å². The van der Waals surface area contributed by atoms with E-state index < -0.39 is 0 Å². The molecule has 2 aromatic carbocycles. The average Bonchev–Trinajstić information content (AvgIpc) is 2.72. The summed E-state index contributed by atoms with van der Waals surface area (Å²) in [7, 11) is 0. The fraction of sp³-hybridized carbons (Fsp3) is 0.133. The maximum atomic E-state index is 11.7. The van der Waals surface area contributed by atoms with Crippen molar-refractivity contribution in [2.45, 2.75) is 13.5 Å². The summed E-state index contributed by atoms with van der Waals surface area (Å²) in [5.41, 5.74) is 11.8. The van der Waals surface area contributed by atoms with Gasteiger partial charge in [0.25, 0.3) is 5.91 Å². The van der Waals surface area contributed by atoms with Crippen molar-refractivity contribution in [3.8, 4) is 11.1 Å². The molecule has 0 fully saturated rings. The first-order valence-corrected chi connectivity index (χ1v) is 5.93. The van der Waals surface area contributed by atoms with Crippen molar-refractivity contribution in [1.29, 1.82) is 0 Å². The first-order valence-electron chi connectivity index (χ1n) is 5.93. The molecule has 0 spiro atoms. The van der Waals surface area contributed by atoms with E-state index in [9.17, 15) is 4.79 Å². The number of carbonyl (C=O) groups excluding carboxylic acids is 1. The zero-order valence-corrected chi connectivity index (χ0v) is 10.2. The minimum absolute atomic E-state index is 0.0138. The van der Waals surface area contributed by atoms with Crippen molar-refractivity contribution in [3.05, 3.63) is 53.1 Å². The van der Waals surface area contributed by atoms with Gasteiger partial charge < -0.3 is 11.1 Å². The van der Waals surface area contributed by atoms with E-state index in [0.29, 0.717) is 6.54 Å². The average molecular weight is 238 g/mol. The predicted octanol–water partition coefficient (Wildman–Crippen LogP) is 2.49. The molecule has 3 rings (SSSR count). The van der Waals surface area contributed by atoms with E-state index in [4.69, 9.17) is 5.73 Å². The largest absolute Gasteiger partial charge is 0.399 e. The Morgan fingerprint density at radius 3 is 2.67 bits per heavy atom. The lowest BCUT2D eigenvalue weighted by Gasteiger charge is -2.10. The molecule has 0 radical (unpaired) electrons. The number of hydrogen-bond acceptors (Lipinski definition) is 2. The van der Waals surface area contributed by atoms with Crippen molar-refractivity contribution in [2.75, 3.05) is 5.73 Å². The maximum Gasteiger partial charge on any atom is 0.251 e. The van der Waals surface area contributed by atoms with Crippen LogP contribution in [0.3, 0.4) is 0 Å². The van der Waals surface area contributed by atoms with Crippen molar-refractivity contribution >= 4 is 11.6 Å². The van der Waals surface area contributed by atoms with Gasteiger partial charge in [0.05, 0.1) is 0 Å². The Labute approximate surface area is 106 Å². The summed E-state index contributed by atoms with van der Waals surface area (Å²) in [4.78, 5) is 11.7. The number of amides is 1. The monoisotopic (exact) mass is 238 g/mol. The van der Waals surface area contributed by atoms with Crippen LogP contribution in [0.4, 0.5) is 5.69 Å². The molecule has 0 unspecified atom stereocenters. The fourth-order valence-electron chi connectivity index (χ4n) is 2.50.